The van der Waals surface area contributed by atoms with Crippen LogP contribution in [-0.4, -0.2) is 21.0 Å². The number of aryl methyl sites for hydroxylation is 3. The van der Waals surface area contributed by atoms with Crippen LogP contribution in [-0.2, 0) is 27.6 Å². The van der Waals surface area contributed by atoms with Crippen LogP contribution in [0.1, 0.15) is 51.7 Å². The fourth-order valence-electron chi connectivity index (χ4n) is 3.12. The highest BCUT2D eigenvalue weighted by Crippen LogP contribution is 2.39. The van der Waals surface area contributed by atoms with Gasteiger partial charge in [0.25, 0.3) is 10.0 Å². The fraction of sp³-hybridized carbons (Fsp3) is 0.421. The lowest BCUT2D eigenvalue weighted by Crippen LogP contribution is -2.16. The molecule has 1 aromatic heterocycles. The van der Waals surface area contributed by atoms with Crippen LogP contribution in [0.3, 0.4) is 0 Å². The molecule has 7 heteroatoms. The van der Waals surface area contributed by atoms with Gasteiger partial charge in [0.05, 0.1) is 17.1 Å². The maximum absolute atomic E-state index is 12.9. The van der Waals surface area contributed by atoms with E-state index < -0.39 is 16.0 Å². The van der Waals surface area contributed by atoms with Gasteiger partial charge in [0.2, 0.25) is 0 Å². The van der Waals surface area contributed by atoms with Crippen molar-refractivity contribution in [2.24, 2.45) is 0 Å². The Morgan fingerprint density at radius 2 is 1.92 bits per heavy atom. The second kappa shape index (κ2) is 7.40. The maximum atomic E-state index is 12.9. The minimum Gasteiger partial charge on any atom is -0.462 e. The smallest absolute Gasteiger partial charge is 0.341 e. The summed E-state index contributed by atoms with van der Waals surface area (Å²) in [5, 5.41) is 0.369. The summed E-state index contributed by atoms with van der Waals surface area (Å²) < 4.78 is 33.5. The zero-order valence-electron chi connectivity index (χ0n) is 15.2. The highest BCUT2D eigenvalue weighted by Gasteiger charge is 2.29. The van der Waals surface area contributed by atoms with E-state index in [2.05, 4.69) is 4.72 Å². The van der Waals surface area contributed by atoms with Crippen LogP contribution in [0.2, 0.25) is 0 Å². The van der Waals surface area contributed by atoms with Gasteiger partial charge < -0.3 is 4.74 Å². The van der Waals surface area contributed by atoms with E-state index in [9.17, 15) is 13.2 Å². The number of benzene rings is 1. The van der Waals surface area contributed by atoms with Gasteiger partial charge >= 0.3 is 5.97 Å². The van der Waals surface area contributed by atoms with Gasteiger partial charge in [-0.2, -0.15) is 0 Å². The Hall–Kier alpha value is -1.86. The van der Waals surface area contributed by atoms with Crippen LogP contribution in [0.15, 0.2) is 23.1 Å². The van der Waals surface area contributed by atoms with Crippen molar-refractivity contribution < 1.29 is 17.9 Å². The molecule has 0 fully saturated rings. The summed E-state index contributed by atoms with van der Waals surface area (Å²) in [6, 6.07) is 5.02. The number of nitrogens with one attached hydrogen (secondary N) is 1. The molecule has 0 amide bonds. The molecule has 140 valence electrons. The standard InChI is InChI=1S/C19H23NO4S2/c1-4-24-19(21)17-15-7-5-6-8-16(15)25-18(17)20-26(22,23)14-10-9-12(2)13(3)11-14/h9-11,20H,4-8H2,1-3H3. The van der Waals surface area contributed by atoms with Crippen molar-refractivity contribution in [3.63, 3.8) is 0 Å². The predicted molar refractivity (Wildman–Crippen MR) is 104 cm³/mol. The Morgan fingerprint density at radius 3 is 2.62 bits per heavy atom. The van der Waals surface area contributed by atoms with Gasteiger partial charge in [0.15, 0.2) is 0 Å². The second-order valence-corrected chi connectivity index (χ2v) is 9.27. The van der Waals surface area contributed by atoms with Gasteiger partial charge in [-0.3, -0.25) is 4.72 Å². The third-order valence-corrected chi connectivity index (χ3v) is 7.35. The Morgan fingerprint density at radius 1 is 1.19 bits per heavy atom. The number of hydrogen-bond acceptors (Lipinski definition) is 5. The summed E-state index contributed by atoms with van der Waals surface area (Å²) in [5.74, 6) is -0.454. The number of hydrogen-bond donors (Lipinski definition) is 1. The lowest BCUT2D eigenvalue weighted by Gasteiger charge is -2.13. The zero-order chi connectivity index (χ0) is 18.9. The van der Waals surface area contributed by atoms with Gasteiger partial charge in [-0.25, -0.2) is 13.2 Å². The topological polar surface area (TPSA) is 72.5 Å². The molecule has 1 aliphatic carbocycles. The van der Waals surface area contributed by atoms with E-state index in [0.29, 0.717) is 10.6 Å². The SMILES string of the molecule is CCOC(=O)c1c(NS(=O)(=O)c2ccc(C)c(C)c2)sc2c1CCCC2. The number of esters is 1. The van der Waals surface area contributed by atoms with Crippen molar-refractivity contribution in [2.75, 3.05) is 11.3 Å². The first-order valence-corrected chi connectivity index (χ1v) is 11.0. The van der Waals surface area contributed by atoms with Gasteiger partial charge in [-0.1, -0.05) is 6.07 Å². The van der Waals surface area contributed by atoms with Crippen LogP contribution in [0.5, 0.6) is 0 Å². The van der Waals surface area contributed by atoms with E-state index >= 15 is 0 Å². The molecular weight excluding hydrogens is 370 g/mol. The van der Waals surface area contributed by atoms with Gasteiger partial charge in [-0.15, -0.1) is 11.3 Å². The molecule has 1 N–H and O–H groups in total. The van der Waals surface area contributed by atoms with Gasteiger partial charge in [-0.05, 0) is 75.3 Å². The first-order chi connectivity index (χ1) is 12.3. The van der Waals surface area contributed by atoms with Crippen LogP contribution in [0, 0.1) is 13.8 Å². The van der Waals surface area contributed by atoms with E-state index in [1.807, 2.05) is 13.8 Å². The molecule has 5 nitrogen and oxygen atoms in total. The number of anilines is 1. The van der Waals surface area contributed by atoms with Gasteiger partial charge in [0.1, 0.15) is 5.00 Å². The van der Waals surface area contributed by atoms with Crippen LogP contribution in [0.25, 0.3) is 0 Å². The lowest BCUT2D eigenvalue weighted by molar-refractivity contribution is 0.0526. The molecule has 0 atom stereocenters. The molecule has 0 saturated carbocycles. The Labute approximate surface area is 158 Å². The molecule has 1 aliphatic rings. The molecular formula is C19H23NO4S2. The molecule has 1 aromatic carbocycles. The third-order valence-electron chi connectivity index (χ3n) is 4.67. The van der Waals surface area contributed by atoms with Crippen molar-refractivity contribution in [1.82, 2.24) is 0 Å². The third kappa shape index (κ3) is 3.64. The summed E-state index contributed by atoms with van der Waals surface area (Å²) in [6.07, 6.45) is 3.71. The van der Waals surface area contributed by atoms with E-state index in [1.54, 1.807) is 25.1 Å². The molecule has 26 heavy (non-hydrogen) atoms. The minimum absolute atomic E-state index is 0.196. The summed E-state index contributed by atoms with van der Waals surface area (Å²) in [5.41, 5.74) is 3.27. The predicted octanol–water partition coefficient (Wildman–Crippen LogP) is 4.22. The summed E-state index contributed by atoms with van der Waals surface area (Å²) in [4.78, 5) is 13.7. The number of ether oxygens (including phenoxy) is 1. The van der Waals surface area contributed by atoms with E-state index in [4.69, 9.17) is 4.74 Å². The monoisotopic (exact) mass is 393 g/mol. The summed E-state index contributed by atoms with van der Waals surface area (Å²) in [6.45, 7) is 5.82. The Kier molecular flexibility index (Phi) is 5.39. The van der Waals surface area contributed by atoms with Gasteiger partial charge in [0, 0.05) is 4.88 Å². The molecule has 0 bridgehead atoms. The Balaban J connectivity index is 2.02. The fourth-order valence-corrected chi connectivity index (χ4v) is 5.79. The molecule has 0 aliphatic heterocycles. The molecule has 0 spiro atoms. The highest BCUT2D eigenvalue weighted by atomic mass is 32.2. The first kappa shape index (κ1) is 18.9. The number of carbonyl (C=O) groups excluding carboxylic acids is 1. The summed E-state index contributed by atoms with van der Waals surface area (Å²) in [7, 11) is -3.77. The zero-order valence-corrected chi connectivity index (χ0v) is 16.9. The quantitative estimate of drug-likeness (QED) is 0.772. The molecule has 0 radical (unpaired) electrons. The number of rotatable bonds is 5. The van der Waals surface area contributed by atoms with E-state index in [-0.39, 0.29) is 11.5 Å². The molecule has 0 saturated heterocycles. The van der Waals surface area contributed by atoms with Crippen molar-refractivity contribution in [1.29, 1.82) is 0 Å². The maximum Gasteiger partial charge on any atom is 0.341 e. The van der Waals surface area contributed by atoms with E-state index in [0.717, 1.165) is 47.3 Å². The number of sulfonamides is 1. The normalized spacial score (nSPS) is 14.0. The van der Waals surface area contributed by atoms with Crippen LogP contribution < -0.4 is 4.72 Å². The minimum atomic E-state index is -3.77. The molecule has 2 aromatic rings. The second-order valence-electron chi connectivity index (χ2n) is 6.49. The Bertz CT molecular complexity index is 945. The van der Waals surface area contributed by atoms with Crippen LogP contribution >= 0.6 is 11.3 Å². The van der Waals surface area contributed by atoms with Crippen molar-refractivity contribution >= 4 is 32.3 Å². The number of carbonyl (C=O) groups is 1. The van der Waals surface area contributed by atoms with Crippen molar-refractivity contribution in [2.45, 2.75) is 51.3 Å². The summed E-state index contributed by atoms with van der Waals surface area (Å²) >= 11 is 1.35. The van der Waals surface area contributed by atoms with E-state index in [1.165, 1.54) is 11.3 Å². The molecule has 1 heterocycles. The number of thiophene rings is 1. The lowest BCUT2D eigenvalue weighted by atomic mass is 9.95. The van der Waals surface area contributed by atoms with Crippen molar-refractivity contribution in [3.05, 3.63) is 45.3 Å². The molecule has 3 rings (SSSR count). The average molecular weight is 394 g/mol. The molecule has 0 unspecified atom stereocenters. The van der Waals surface area contributed by atoms with Crippen molar-refractivity contribution in [3.8, 4) is 0 Å². The van der Waals surface area contributed by atoms with Crippen LogP contribution in [0.4, 0.5) is 5.00 Å². The largest absolute Gasteiger partial charge is 0.462 e. The highest BCUT2D eigenvalue weighted by molar-refractivity contribution is 7.93. The first-order valence-electron chi connectivity index (χ1n) is 8.75. The average Bonchev–Trinajstić information content (AvgIpc) is 2.94. The number of fused-ring (bicyclic) bond motifs is 1.